The van der Waals surface area contributed by atoms with Crippen molar-refractivity contribution in [2.45, 2.75) is 18.7 Å². The summed E-state index contributed by atoms with van der Waals surface area (Å²) in [6, 6.07) is 2.19. The van der Waals surface area contributed by atoms with Gasteiger partial charge in [0.15, 0.2) is 0 Å². The van der Waals surface area contributed by atoms with Gasteiger partial charge in [-0.3, -0.25) is 10.1 Å². The van der Waals surface area contributed by atoms with Crippen LogP contribution in [0.15, 0.2) is 17.0 Å². The maximum absolute atomic E-state index is 12.0. The number of benzene rings is 1. The summed E-state index contributed by atoms with van der Waals surface area (Å²) in [4.78, 5) is 9.85. The first kappa shape index (κ1) is 15.4. The number of hydrogen-bond donors (Lipinski definition) is 1. The molecule has 102 valence electrons. The van der Waals surface area contributed by atoms with Crippen LogP contribution in [0.25, 0.3) is 0 Å². The van der Waals surface area contributed by atoms with Gasteiger partial charge in [0.05, 0.1) is 16.4 Å². The molecule has 1 N–H and O–H groups in total. The van der Waals surface area contributed by atoms with Crippen molar-refractivity contribution in [2.75, 3.05) is 6.54 Å². The van der Waals surface area contributed by atoms with Crippen LogP contribution in [0.1, 0.15) is 12.5 Å². The molecule has 0 aliphatic carbocycles. The van der Waals surface area contributed by atoms with Gasteiger partial charge < -0.3 is 0 Å². The van der Waals surface area contributed by atoms with Crippen LogP contribution in [0.5, 0.6) is 0 Å². The minimum absolute atomic E-state index is 0.0608. The van der Waals surface area contributed by atoms with E-state index in [1.165, 1.54) is 13.0 Å². The van der Waals surface area contributed by atoms with Gasteiger partial charge in [-0.25, -0.2) is 8.42 Å². The molecule has 1 rings (SSSR count). The highest BCUT2D eigenvalue weighted by atomic mass is 35.5. The van der Waals surface area contributed by atoms with Crippen molar-refractivity contribution in [3.63, 3.8) is 0 Å². The molecule has 0 aliphatic rings. The third-order valence-corrected chi connectivity index (χ3v) is 4.10. The Morgan fingerprint density at radius 2 is 2.11 bits per heavy atom. The number of nitrogens with zero attached hydrogens (tertiary/aromatic N) is 1. The van der Waals surface area contributed by atoms with E-state index in [1.54, 1.807) is 6.92 Å². The monoisotopic (exact) mass is 302 g/mol. The number of nitro groups is 1. The lowest BCUT2D eigenvalue weighted by Crippen LogP contribution is -2.24. The average Bonchev–Trinajstić information content (AvgIpc) is 2.28. The molecular formula is C11H11ClN2O4S. The molecule has 0 heterocycles. The predicted octanol–water partition coefficient (Wildman–Crippen LogP) is 1.86. The molecule has 0 saturated carbocycles. The first-order valence-electron chi connectivity index (χ1n) is 5.13. The zero-order valence-corrected chi connectivity index (χ0v) is 11.8. The summed E-state index contributed by atoms with van der Waals surface area (Å²) in [7, 11) is -3.85. The summed E-state index contributed by atoms with van der Waals surface area (Å²) >= 11 is 5.69. The highest BCUT2D eigenvalue weighted by molar-refractivity contribution is 7.89. The lowest BCUT2D eigenvalue weighted by molar-refractivity contribution is -0.384. The number of aryl methyl sites for hydroxylation is 1. The molecule has 0 spiro atoms. The molecule has 0 atom stereocenters. The van der Waals surface area contributed by atoms with Gasteiger partial charge in [-0.2, -0.15) is 4.72 Å². The Morgan fingerprint density at radius 1 is 1.47 bits per heavy atom. The number of sulfonamides is 1. The van der Waals surface area contributed by atoms with Crippen LogP contribution < -0.4 is 4.72 Å². The largest absolute Gasteiger partial charge is 0.289 e. The molecule has 19 heavy (non-hydrogen) atoms. The normalized spacial score (nSPS) is 10.7. The molecule has 1 aromatic rings. The van der Waals surface area contributed by atoms with Crippen molar-refractivity contribution in [3.8, 4) is 11.8 Å². The minimum atomic E-state index is -3.85. The minimum Gasteiger partial charge on any atom is -0.258 e. The Balaban J connectivity index is 3.29. The number of rotatable bonds is 4. The maximum Gasteiger partial charge on any atom is 0.289 e. The van der Waals surface area contributed by atoms with Gasteiger partial charge in [0.2, 0.25) is 10.0 Å². The van der Waals surface area contributed by atoms with Crippen LogP contribution in [0.4, 0.5) is 5.69 Å². The fourth-order valence-corrected chi connectivity index (χ4v) is 2.82. The topological polar surface area (TPSA) is 89.3 Å². The summed E-state index contributed by atoms with van der Waals surface area (Å²) in [6.07, 6.45) is 0. The Hall–Kier alpha value is -1.62. The molecule has 0 unspecified atom stereocenters. The first-order chi connectivity index (χ1) is 8.79. The van der Waals surface area contributed by atoms with E-state index in [0.29, 0.717) is 5.56 Å². The Bertz CT molecular complexity index is 674. The number of nitrogens with one attached hydrogen (secondary N) is 1. The number of hydrogen-bond acceptors (Lipinski definition) is 4. The van der Waals surface area contributed by atoms with Gasteiger partial charge in [0.1, 0.15) is 5.02 Å². The fraction of sp³-hybridized carbons (Fsp3) is 0.273. The lowest BCUT2D eigenvalue weighted by Gasteiger charge is -2.08. The van der Waals surface area contributed by atoms with Gasteiger partial charge in [0.25, 0.3) is 5.69 Å². The maximum atomic E-state index is 12.0. The van der Waals surface area contributed by atoms with E-state index in [-0.39, 0.29) is 16.5 Å². The van der Waals surface area contributed by atoms with Crippen LogP contribution in [0.3, 0.4) is 0 Å². The van der Waals surface area contributed by atoms with Crippen LogP contribution in [-0.2, 0) is 10.0 Å². The summed E-state index contributed by atoms with van der Waals surface area (Å²) < 4.78 is 26.2. The zero-order valence-electron chi connectivity index (χ0n) is 10.2. The number of halogens is 1. The van der Waals surface area contributed by atoms with Crippen molar-refractivity contribution in [1.29, 1.82) is 0 Å². The molecule has 0 bridgehead atoms. The highest BCUT2D eigenvalue weighted by Crippen LogP contribution is 2.29. The molecule has 0 aromatic heterocycles. The van der Waals surface area contributed by atoms with Crippen molar-refractivity contribution < 1.29 is 13.3 Å². The standard InChI is InChI=1S/C11H11ClN2O4S/c1-3-4-5-13-19(17,18)11-7-10(14(15)16)9(12)6-8(11)2/h6-7,13H,5H2,1-2H3. The third kappa shape index (κ3) is 3.67. The summed E-state index contributed by atoms with van der Waals surface area (Å²) in [5.74, 6) is 5.08. The summed E-state index contributed by atoms with van der Waals surface area (Å²) in [5, 5.41) is 10.7. The third-order valence-electron chi connectivity index (χ3n) is 2.26. The van der Waals surface area contributed by atoms with E-state index >= 15 is 0 Å². The second-order valence-corrected chi connectivity index (χ2v) is 5.72. The highest BCUT2D eigenvalue weighted by Gasteiger charge is 2.22. The zero-order chi connectivity index (χ0) is 14.6. The summed E-state index contributed by atoms with van der Waals surface area (Å²) in [6.45, 7) is 3.02. The first-order valence-corrected chi connectivity index (χ1v) is 6.99. The van der Waals surface area contributed by atoms with Gasteiger partial charge in [-0.05, 0) is 25.5 Å². The van der Waals surface area contributed by atoms with E-state index in [4.69, 9.17) is 11.6 Å². The molecule has 0 saturated heterocycles. The van der Waals surface area contributed by atoms with Crippen molar-refractivity contribution in [2.24, 2.45) is 0 Å². The molecule has 0 aliphatic heterocycles. The van der Waals surface area contributed by atoms with Crippen LogP contribution in [0.2, 0.25) is 5.02 Å². The van der Waals surface area contributed by atoms with Gasteiger partial charge in [0, 0.05) is 6.07 Å². The second-order valence-electron chi connectivity index (χ2n) is 3.58. The van der Waals surface area contributed by atoms with Crippen LogP contribution in [-0.4, -0.2) is 19.9 Å². The van der Waals surface area contributed by atoms with E-state index in [9.17, 15) is 18.5 Å². The van der Waals surface area contributed by atoms with Gasteiger partial charge >= 0.3 is 0 Å². The molecular weight excluding hydrogens is 292 g/mol. The summed E-state index contributed by atoms with van der Waals surface area (Å²) in [5.41, 5.74) is -0.123. The Labute approximate surface area is 116 Å². The fourth-order valence-electron chi connectivity index (χ4n) is 1.37. The Morgan fingerprint density at radius 3 is 2.63 bits per heavy atom. The molecule has 6 nitrogen and oxygen atoms in total. The number of nitro benzene ring substituents is 1. The van der Waals surface area contributed by atoms with E-state index in [0.717, 1.165) is 6.07 Å². The SMILES string of the molecule is CC#CCNS(=O)(=O)c1cc([N+](=O)[O-])c(Cl)cc1C. The van der Waals surface area contributed by atoms with E-state index in [1.807, 2.05) is 0 Å². The van der Waals surface area contributed by atoms with Crippen molar-refractivity contribution in [1.82, 2.24) is 4.72 Å². The van der Waals surface area contributed by atoms with Crippen molar-refractivity contribution >= 4 is 27.3 Å². The Kier molecular flexibility index (Phi) is 4.89. The molecule has 0 amide bonds. The smallest absolute Gasteiger partial charge is 0.258 e. The van der Waals surface area contributed by atoms with Gasteiger partial charge in [-0.15, -0.1) is 5.92 Å². The molecule has 1 aromatic carbocycles. The van der Waals surface area contributed by atoms with E-state index < -0.39 is 20.6 Å². The lowest BCUT2D eigenvalue weighted by atomic mass is 10.2. The quantitative estimate of drug-likeness (QED) is 0.522. The molecule has 0 fully saturated rings. The molecule has 0 radical (unpaired) electrons. The van der Waals surface area contributed by atoms with E-state index in [2.05, 4.69) is 16.6 Å². The van der Waals surface area contributed by atoms with Crippen LogP contribution >= 0.6 is 11.6 Å². The van der Waals surface area contributed by atoms with Crippen LogP contribution in [0, 0.1) is 28.9 Å². The molecule has 8 heteroatoms. The average molecular weight is 303 g/mol. The van der Waals surface area contributed by atoms with Crippen molar-refractivity contribution in [3.05, 3.63) is 32.8 Å². The predicted molar refractivity (Wildman–Crippen MR) is 71.5 cm³/mol. The van der Waals surface area contributed by atoms with Gasteiger partial charge in [-0.1, -0.05) is 17.5 Å². The second kappa shape index (κ2) is 6.02.